The molecule has 4 rings (SSSR count). The molecule has 0 aromatic heterocycles. The predicted molar refractivity (Wildman–Crippen MR) is 150 cm³/mol. The van der Waals surface area contributed by atoms with Crippen LogP contribution in [0.5, 0.6) is 0 Å². The van der Waals surface area contributed by atoms with Crippen molar-refractivity contribution >= 4 is 23.5 Å². The van der Waals surface area contributed by atoms with Gasteiger partial charge in [0.2, 0.25) is 0 Å². The summed E-state index contributed by atoms with van der Waals surface area (Å²) in [5.74, 6) is -3.75. The van der Waals surface area contributed by atoms with Gasteiger partial charge < -0.3 is 24.2 Å². The third-order valence-electron chi connectivity index (χ3n) is 10.0. The minimum atomic E-state index is -2.15. The van der Waals surface area contributed by atoms with Gasteiger partial charge in [0.05, 0.1) is 33.2 Å². The van der Waals surface area contributed by atoms with Gasteiger partial charge in [-0.15, -0.1) is 0 Å². The number of Topliss-reactive ketones (excluding diaryl/α,β-unsaturated/α-hetero) is 1. The number of aliphatic hydroxyl groups is 1. The van der Waals surface area contributed by atoms with Gasteiger partial charge >= 0.3 is 5.97 Å². The second-order valence-electron chi connectivity index (χ2n) is 14.2. The van der Waals surface area contributed by atoms with E-state index in [1.165, 1.54) is 18.2 Å². The zero-order valence-electron chi connectivity index (χ0n) is 26.0. The van der Waals surface area contributed by atoms with Gasteiger partial charge in [-0.2, -0.15) is 0 Å². The van der Waals surface area contributed by atoms with Crippen LogP contribution in [0, 0.1) is 34.5 Å². The number of alkyl halides is 2. The van der Waals surface area contributed by atoms with Gasteiger partial charge in [-0.3, -0.25) is 14.4 Å². The van der Waals surface area contributed by atoms with E-state index in [1.807, 2.05) is 20.8 Å². The number of ketones is 2. The van der Waals surface area contributed by atoms with Gasteiger partial charge in [0.1, 0.15) is 19.3 Å². The van der Waals surface area contributed by atoms with Crippen molar-refractivity contribution in [3.8, 4) is 0 Å². The summed E-state index contributed by atoms with van der Waals surface area (Å²) in [7, 11) is 5.40. The van der Waals surface area contributed by atoms with Crippen LogP contribution >= 0.6 is 0 Å². The Morgan fingerprint density at radius 1 is 1.17 bits per heavy atom. The fourth-order valence-electron chi connectivity index (χ4n) is 8.28. The van der Waals surface area contributed by atoms with Crippen LogP contribution < -0.4 is 5.11 Å². The van der Waals surface area contributed by atoms with Gasteiger partial charge in [-0.1, -0.05) is 33.3 Å². The van der Waals surface area contributed by atoms with Gasteiger partial charge in [0.25, 0.3) is 0 Å². The number of unbranched alkanes of at least 4 members (excludes halogenated alkanes) is 1. The minimum Gasteiger partial charge on any atom is -0.544 e. The van der Waals surface area contributed by atoms with Crippen molar-refractivity contribution in [2.24, 2.45) is 34.5 Å². The lowest BCUT2D eigenvalue weighted by Gasteiger charge is -2.62. The first-order valence-electron chi connectivity index (χ1n) is 15.0. The first-order valence-corrected chi connectivity index (χ1v) is 15.0. The average molecular weight is 596 g/mol. The average Bonchev–Trinajstić information content (AvgIpc) is 3.12. The highest BCUT2D eigenvalue weighted by molar-refractivity contribution is 6.01. The number of allylic oxidation sites excluding steroid dienone is 4. The molecule has 0 heterocycles. The van der Waals surface area contributed by atoms with Crippen LogP contribution in [0.1, 0.15) is 66.2 Å². The van der Waals surface area contributed by atoms with E-state index in [-0.39, 0.29) is 61.4 Å². The van der Waals surface area contributed by atoms with Crippen molar-refractivity contribution in [1.29, 1.82) is 0 Å². The number of likely N-dealkylation sites (N-methyl/N-ethyl adjacent to an activating group) is 1. The van der Waals surface area contributed by atoms with Crippen molar-refractivity contribution in [2.45, 2.75) is 84.2 Å². The Labute approximate surface area is 247 Å². The van der Waals surface area contributed by atoms with Crippen LogP contribution in [-0.2, 0) is 23.9 Å². The van der Waals surface area contributed by atoms with Crippen molar-refractivity contribution in [1.82, 2.24) is 0 Å². The Hall–Kier alpha value is -2.46. The summed E-state index contributed by atoms with van der Waals surface area (Å²) >= 11 is 0. The van der Waals surface area contributed by atoms with E-state index in [2.05, 4.69) is 0 Å². The molecule has 4 aliphatic carbocycles. The lowest BCUT2D eigenvalue weighted by Crippen LogP contribution is -2.68. The summed E-state index contributed by atoms with van der Waals surface area (Å²) in [5, 5.41) is 21.2. The number of nitrogens with zero attached hydrogens (tertiary/aromatic N) is 1. The molecule has 10 heteroatoms. The van der Waals surface area contributed by atoms with Crippen molar-refractivity contribution in [3.63, 3.8) is 0 Å². The highest BCUT2D eigenvalue weighted by atomic mass is 19.1. The topological polar surface area (TPSA) is 121 Å². The number of carbonyl (C=O) groups excluding carboxylic acids is 4. The monoisotopic (exact) mass is 595 g/mol. The predicted octanol–water partition coefficient (Wildman–Crippen LogP) is 2.91. The van der Waals surface area contributed by atoms with E-state index in [1.54, 1.807) is 28.1 Å². The summed E-state index contributed by atoms with van der Waals surface area (Å²) in [6, 6.07) is 0. The number of ether oxygens (including phenoxy) is 1. The standard InChI is InChI=1S/C27H36F2O5.C5H11NO2/c1-5-6-7-23(33)34-14-21(31)24-15(2)10-17-18-12-20(28)19-11-16(30)8-9-26(19,4)27(18,29)22(32)13-25(17,24)3;1-6(2,3)4-5(7)8/h8-9,11,15,17-18,20,22,24,32H,5-7,10,12-14H2,1-4H3;4H2,1-3H3/t15-,17+,18+,20+,22+,24-,25+,26+,27+;/m1./s1. The van der Waals surface area contributed by atoms with Crippen LogP contribution in [0.4, 0.5) is 8.78 Å². The van der Waals surface area contributed by atoms with Crippen LogP contribution in [0.15, 0.2) is 23.8 Å². The number of aliphatic carboxylic acids is 1. The number of halogens is 2. The smallest absolute Gasteiger partial charge is 0.306 e. The lowest BCUT2D eigenvalue weighted by molar-refractivity contribution is -0.864. The molecule has 0 amide bonds. The van der Waals surface area contributed by atoms with Gasteiger partial charge in [-0.05, 0) is 67.6 Å². The molecule has 8 nitrogen and oxygen atoms in total. The van der Waals surface area contributed by atoms with Crippen LogP contribution in [0.25, 0.3) is 0 Å². The fourth-order valence-corrected chi connectivity index (χ4v) is 8.28. The second-order valence-corrected chi connectivity index (χ2v) is 14.2. The number of hydrogen-bond acceptors (Lipinski definition) is 7. The summed E-state index contributed by atoms with van der Waals surface area (Å²) in [6.07, 6.45) is 3.20. The molecule has 0 bridgehead atoms. The molecule has 0 aromatic carbocycles. The molecule has 1 N–H and O–H groups in total. The van der Waals surface area contributed by atoms with Crippen molar-refractivity contribution in [2.75, 3.05) is 34.3 Å². The second kappa shape index (κ2) is 12.3. The van der Waals surface area contributed by atoms with Crippen LogP contribution in [0.3, 0.4) is 0 Å². The molecule has 0 aromatic rings. The quantitative estimate of drug-likeness (QED) is 0.338. The Balaban J connectivity index is 0.000000531. The third-order valence-corrected chi connectivity index (χ3v) is 10.0. The summed E-state index contributed by atoms with van der Waals surface area (Å²) in [6.45, 7) is 7.10. The summed E-state index contributed by atoms with van der Waals surface area (Å²) in [4.78, 5) is 47.0. The molecule has 236 valence electrons. The maximum Gasteiger partial charge on any atom is 0.306 e. The molecule has 9 atom stereocenters. The first kappa shape index (κ1) is 34.0. The van der Waals surface area contributed by atoms with Gasteiger partial charge in [0.15, 0.2) is 17.2 Å². The molecule has 0 spiro atoms. The van der Waals surface area contributed by atoms with E-state index in [9.17, 15) is 29.4 Å². The number of carboxylic acids is 1. The highest BCUT2D eigenvalue weighted by Gasteiger charge is 2.73. The Bertz CT molecular complexity index is 1150. The van der Waals surface area contributed by atoms with E-state index < -0.39 is 52.5 Å². The Kier molecular flexibility index (Phi) is 9.94. The third kappa shape index (κ3) is 6.25. The van der Waals surface area contributed by atoms with Crippen LogP contribution in [-0.4, -0.2) is 85.3 Å². The van der Waals surface area contributed by atoms with E-state index in [0.29, 0.717) is 17.3 Å². The van der Waals surface area contributed by atoms with Crippen LogP contribution in [0.2, 0.25) is 0 Å². The lowest BCUT2D eigenvalue weighted by atomic mass is 9.45. The summed E-state index contributed by atoms with van der Waals surface area (Å²) < 4.78 is 38.2. The molecule has 42 heavy (non-hydrogen) atoms. The Morgan fingerprint density at radius 2 is 1.81 bits per heavy atom. The normalized spacial score (nSPS) is 38.7. The first-order chi connectivity index (χ1) is 19.3. The maximum atomic E-state index is 17.1. The van der Waals surface area contributed by atoms with E-state index in [4.69, 9.17) is 4.74 Å². The Morgan fingerprint density at radius 3 is 2.36 bits per heavy atom. The largest absolute Gasteiger partial charge is 0.544 e. The minimum absolute atomic E-state index is 0.0524. The van der Waals surface area contributed by atoms with E-state index in [0.717, 1.165) is 6.42 Å². The highest BCUT2D eigenvalue weighted by Crippen LogP contribution is 2.70. The SMILES string of the molecule is CCCCC(=O)OCC(=O)[C@H]1[C@H](C)C[C@H]2[C@@H]3C[C@H](F)C4=CC(=O)C=C[C@]4(C)[C@@]3(F)[C@@H](O)C[C@@]21C.C[N+](C)(C)CC(=O)[O-]. The number of esters is 1. The maximum absolute atomic E-state index is 17.1. The summed E-state index contributed by atoms with van der Waals surface area (Å²) in [5.41, 5.74) is -4.21. The molecular formula is C32H47F2NO7. The molecular weight excluding hydrogens is 548 g/mol. The number of carboxylic acid groups (broad SMARTS) is 1. The molecule has 0 radical (unpaired) electrons. The fraction of sp³-hybridized carbons (Fsp3) is 0.750. The number of hydrogen-bond donors (Lipinski definition) is 1. The number of fused-ring (bicyclic) bond motifs is 5. The molecule has 4 aliphatic rings. The zero-order valence-corrected chi connectivity index (χ0v) is 26.0. The van der Waals surface area contributed by atoms with E-state index >= 15 is 8.78 Å². The molecule has 3 saturated carbocycles. The molecule has 0 aliphatic heterocycles. The molecule has 0 unspecified atom stereocenters. The zero-order chi connectivity index (χ0) is 31.8. The van der Waals surface area contributed by atoms with Gasteiger partial charge in [-0.25, -0.2) is 8.78 Å². The molecule has 0 saturated heterocycles. The number of rotatable bonds is 8. The van der Waals surface area contributed by atoms with Gasteiger partial charge in [0, 0.05) is 23.7 Å². The number of quaternary nitrogens is 1. The number of carbonyl (C=O) groups is 4. The molecule has 3 fully saturated rings. The van der Waals surface area contributed by atoms with Crippen molar-refractivity contribution in [3.05, 3.63) is 23.8 Å². The van der Waals surface area contributed by atoms with Crippen molar-refractivity contribution < 1.29 is 47.4 Å². The number of aliphatic hydroxyl groups excluding tert-OH is 1.